The van der Waals surface area contributed by atoms with Crippen LogP contribution in [-0.2, 0) is 14.8 Å². The molecule has 2 heterocycles. The summed E-state index contributed by atoms with van der Waals surface area (Å²) >= 11 is 0. The number of methoxy groups -OCH3 is 3. The van der Waals surface area contributed by atoms with E-state index in [0.717, 1.165) is 11.8 Å². The van der Waals surface area contributed by atoms with E-state index in [0.29, 0.717) is 4.68 Å². The molecule has 0 unspecified atom stereocenters. The molecular weight excluding hydrogens is 432 g/mol. The minimum absolute atomic E-state index is 0.0190. The molecule has 1 aromatic carbocycles. The first kappa shape index (κ1) is 21.8. The van der Waals surface area contributed by atoms with Gasteiger partial charge in [-0.1, -0.05) is 12.1 Å². The van der Waals surface area contributed by atoms with Gasteiger partial charge in [0.25, 0.3) is 16.0 Å². The van der Waals surface area contributed by atoms with E-state index >= 15 is 0 Å². The zero-order valence-corrected chi connectivity index (χ0v) is 17.7. The van der Waals surface area contributed by atoms with Crippen LogP contribution in [0.25, 0.3) is 5.95 Å². The summed E-state index contributed by atoms with van der Waals surface area (Å²) in [4.78, 5) is 34.6. The summed E-state index contributed by atoms with van der Waals surface area (Å²) in [5.74, 6) is -0.855. The van der Waals surface area contributed by atoms with E-state index in [2.05, 4.69) is 24.6 Å². The third-order valence-electron chi connectivity index (χ3n) is 4.01. The van der Waals surface area contributed by atoms with Crippen molar-refractivity contribution in [1.29, 1.82) is 0 Å². The van der Waals surface area contributed by atoms with Crippen molar-refractivity contribution in [1.82, 2.24) is 24.4 Å². The van der Waals surface area contributed by atoms with Gasteiger partial charge in [0.15, 0.2) is 5.82 Å². The molecule has 3 rings (SSSR count). The summed E-state index contributed by atoms with van der Waals surface area (Å²) in [6.07, 6.45) is 0. The SMILES string of the molecule is COC(=O)c1ccccc1S(=O)(=O)Nn1c(C)nn(-c2nc(OC)cc(OC)n2)c1=O. The summed E-state index contributed by atoms with van der Waals surface area (Å²) < 4.78 is 42.0. The van der Waals surface area contributed by atoms with E-state index < -0.39 is 21.7 Å². The minimum Gasteiger partial charge on any atom is -0.481 e. The Balaban J connectivity index is 2.07. The van der Waals surface area contributed by atoms with Crippen molar-refractivity contribution in [3.63, 3.8) is 0 Å². The van der Waals surface area contributed by atoms with E-state index in [-0.39, 0.29) is 34.0 Å². The Bertz CT molecular complexity index is 1280. The van der Waals surface area contributed by atoms with Crippen molar-refractivity contribution < 1.29 is 27.4 Å². The molecule has 3 aromatic rings. The molecule has 0 aliphatic heterocycles. The predicted molar refractivity (Wildman–Crippen MR) is 106 cm³/mol. The number of carbonyl (C=O) groups excluding carboxylic acids is 1. The van der Waals surface area contributed by atoms with Crippen LogP contribution < -0.4 is 20.0 Å². The molecule has 0 atom stereocenters. The number of aromatic nitrogens is 5. The van der Waals surface area contributed by atoms with Gasteiger partial charge in [0.2, 0.25) is 11.8 Å². The fraction of sp³-hybridized carbons (Fsp3) is 0.235. The molecule has 0 fully saturated rings. The maximum Gasteiger partial charge on any atom is 0.373 e. The lowest BCUT2D eigenvalue weighted by molar-refractivity contribution is 0.0596. The van der Waals surface area contributed by atoms with Gasteiger partial charge in [0, 0.05) is 0 Å². The zero-order chi connectivity index (χ0) is 22.8. The van der Waals surface area contributed by atoms with E-state index in [1.165, 1.54) is 51.5 Å². The lowest BCUT2D eigenvalue weighted by Crippen LogP contribution is -2.35. The van der Waals surface area contributed by atoms with Gasteiger partial charge < -0.3 is 14.2 Å². The number of sulfonamides is 1. The monoisotopic (exact) mass is 450 g/mol. The third kappa shape index (κ3) is 4.18. The fourth-order valence-electron chi connectivity index (χ4n) is 2.55. The van der Waals surface area contributed by atoms with Gasteiger partial charge in [-0.15, -0.1) is 9.78 Å². The van der Waals surface area contributed by atoms with Crippen LogP contribution in [0, 0.1) is 6.92 Å². The fourth-order valence-corrected chi connectivity index (χ4v) is 3.79. The highest BCUT2D eigenvalue weighted by atomic mass is 32.2. The summed E-state index contributed by atoms with van der Waals surface area (Å²) in [7, 11) is -0.512. The molecule has 0 saturated carbocycles. The maximum absolute atomic E-state index is 12.9. The lowest BCUT2D eigenvalue weighted by atomic mass is 10.2. The molecular formula is C17H18N6O7S. The maximum atomic E-state index is 12.9. The summed E-state index contributed by atoms with van der Waals surface area (Å²) in [5.41, 5.74) is -1.11. The standard InChI is InChI=1S/C17H18N6O7S/c1-10-20-23(16-18-13(28-2)9-14(19-16)29-3)17(25)22(10)21-31(26,27)12-8-6-5-7-11(12)15(24)30-4/h5-9,21H,1-4H3. The molecule has 14 heteroatoms. The Morgan fingerprint density at radius 3 is 2.26 bits per heavy atom. The zero-order valence-electron chi connectivity index (χ0n) is 16.9. The van der Waals surface area contributed by atoms with Gasteiger partial charge >= 0.3 is 11.7 Å². The average molecular weight is 450 g/mol. The highest BCUT2D eigenvalue weighted by molar-refractivity contribution is 7.92. The van der Waals surface area contributed by atoms with E-state index in [4.69, 9.17) is 9.47 Å². The second kappa shape index (κ2) is 8.43. The minimum atomic E-state index is -4.37. The first-order valence-corrected chi connectivity index (χ1v) is 10.1. The van der Waals surface area contributed by atoms with Crippen LogP contribution >= 0.6 is 0 Å². The number of nitrogens with one attached hydrogen (secondary N) is 1. The van der Waals surface area contributed by atoms with Crippen LogP contribution in [0.2, 0.25) is 0 Å². The van der Waals surface area contributed by atoms with Gasteiger partial charge in [-0.2, -0.15) is 23.1 Å². The number of hydrogen-bond acceptors (Lipinski definition) is 10. The normalized spacial score (nSPS) is 11.1. The molecule has 2 aromatic heterocycles. The van der Waals surface area contributed by atoms with E-state index in [1.807, 2.05) is 0 Å². The van der Waals surface area contributed by atoms with Crippen molar-refractivity contribution in [3.8, 4) is 17.7 Å². The van der Waals surface area contributed by atoms with Crippen molar-refractivity contribution >= 4 is 16.0 Å². The number of benzene rings is 1. The Labute approximate surface area is 176 Å². The smallest absolute Gasteiger partial charge is 0.373 e. The number of esters is 1. The number of nitrogens with zero attached hydrogens (tertiary/aromatic N) is 5. The number of hydrogen-bond donors (Lipinski definition) is 1. The second-order valence-corrected chi connectivity index (χ2v) is 7.54. The second-order valence-electron chi connectivity index (χ2n) is 5.91. The Morgan fingerprint density at radius 1 is 1.06 bits per heavy atom. The van der Waals surface area contributed by atoms with E-state index in [9.17, 15) is 18.0 Å². The Hall–Kier alpha value is -3.94. The molecule has 0 bridgehead atoms. The average Bonchev–Trinajstić information content (AvgIpc) is 3.06. The highest BCUT2D eigenvalue weighted by Gasteiger charge is 2.25. The summed E-state index contributed by atoms with van der Waals surface area (Å²) in [6, 6.07) is 6.79. The van der Waals surface area contributed by atoms with E-state index in [1.54, 1.807) is 0 Å². The summed E-state index contributed by atoms with van der Waals surface area (Å²) in [6.45, 7) is 1.39. The predicted octanol–water partition coefficient (Wildman–Crippen LogP) is -0.131. The van der Waals surface area contributed by atoms with Crippen molar-refractivity contribution in [2.75, 3.05) is 26.2 Å². The molecule has 13 nitrogen and oxygen atoms in total. The first-order chi connectivity index (χ1) is 14.7. The number of carbonyl (C=O) groups is 1. The molecule has 0 spiro atoms. The molecule has 31 heavy (non-hydrogen) atoms. The molecule has 0 aliphatic carbocycles. The van der Waals surface area contributed by atoms with Crippen molar-refractivity contribution in [3.05, 3.63) is 52.2 Å². The molecule has 1 N–H and O–H groups in total. The molecule has 0 aliphatic rings. The molecule has 0 saturated heterocycles. The van der Waals surface area contributed by atoms with Crippen LogP contribution in [0.4, 0.5) is 0 Å². The van der Waals surface area contributed by atoms with Gasteiger partial charge in [0.05, 0.1) is 33.0 Å². The van der Waals surface area contributed by atoms with Crippen LogP contribution in [0.15, 0.2) is 40.0 Å². The van der Waals surface area contributed by atoms with Crippen LogP contribution in [0.1, 0.15) is 16.2 Å². The lowest BCUT2D eigenvalue weighted by Gasteiger charge is -2.11. The number of rotatable bonds is 7. The van der Waals surface area contributed by atoms with Gasteiger partial charge in [-0.3, -0.25) is 0 Å². The quantitative estimate of drug-likeness (QED) is 0.481. The topological polar surface area (TPSA) is 157 Å². The Morgan fingerprint density at radius 2 is 1.68 bits per heavy atom. The highest BCUT2D eigenvalue weighted by Crippen LogP contribution is 2.18. The molecule has 0 amide bonds. The third-order valence-corrected chi connectivity index (χ3v) is 5.37. The first-order valence-electron chi connectivity index (χ1n) is 8.58. The summed E-state index contributed by atoms with van der Waals surface area (Å²) in [5, 5.41) is 4.00. The molecule has 0 radical (unpaired) electrons. The molecule has 164 valence electrons. The van der Waals surface area contributed by atoms with Gasteiger partial charge in [-0.25, -0.2) is 14.4 Å². The van der Waals surface area contributed by atoms with Gasteiger partial charge in [0.1, 0.15) is 4.90 Å². The van der Waals surface area contributed by atoms with Crippen molar-refractivity contribution in [2.24, 2.45) is 0 Å². The number of ether oxygens (including phenoxy) is 3. The van der Waals surface area contributed by atoms with Crippen LogP contribution in [0.5, 0.6) is 11.8 Å². The number of aryl methyl sites for hydroxylation is 1. The Kier molecular flexibility index (Phi) is 5.92. The van der Waals surface area contributed by atoms with Gasteiger partial charge in [-0.05, 0) is 19.1 Å². The van der Waals surface area contributed by atoms with Crippen molar-refractivity contribution in [2.45, 2.75) is 11.8 Å². The van der Waals surface area contributed by atoms with Crippen LogP contribution in [-0.4, -0.2) is 60.1 Å². The van der Waals surface area contributed by atoms with Crippen LogP contribution in [0.3, 0.4) is 0 Å². The largest absolute Gasteiger partial charge is 0.481 e.